The lowest BCUT2D eigenvalue weighted by Crippen LogP contribution is -2.31. The van der Waals surface area contributed by atoms with Crippen molar-refractivity contribution in [2.45, 2.75) is 19.3 Å². The number of aromatic carboxylic acids is 1. The smallest absolute Gasteiger partial charge is 0.335 e. The average Bonchev–Trinajstić information content (AvgIpc) is 2.57. The zero-order chi connectivity index (χ0) is 16.2. The topological polar surface area (TPSA) is 66.3 Å². The number of hydrogen-bond acceptors (Lipinski definition) is 4. The second-order valence-electron chi connectivity index (χ2n) is 6.23. The monoisotopic (exact) mass is 311 g/mol. The third-order valence-electron chi connectivity index (χ3n) is 4.45. The minimum Gasteiger partial charge on any atom is -0.478 e. The van der Waals surface area contributed by atoms with E-state index in [1.807, 2.05) is 6.20 Å². The average molecular weight is 311 g/mol. The van der Waals surface area contributed by atoms with E-state index in [1.165, 1.54) is 12.8 Å². The highest BCUT2D eigenvalue weighted by Crippen LogP contribution is 2.22. The first-order chi connectivity index (χ1) is 11.1. The van der Waals surface area contributed by atoms with Crippen molar-refractivity contribution in [3.8, 4) is 11.3 Å². The van der Waals surface area contributed by atoms with Crippen molar-refractivity contribution in [3.63, 3.8) is 0 Å². The van der Waals surface area contributed by atoms with Crippen LogP contribution in [-0.2, 0) is 6.42 Å². The summed E-state index contributed by atoms with van der Waals surface area (Å²) in [6.07, 6.45) is 6.94. The predicted octanol–water partition coefficient (Wildman–Crippen LogP) is 2.73. The lowest BCUT2D eigenvalue weighted by Gasteiger charge is -2.28. The zero-order valence-electron chi connectivity index (χ0n) is 13.3. The standard InChI is InChI=1S/C18H21N3O2/c1-21-8-6-13(7-9-21)10-16-11-19-12-17(20-16)14-2-4-15(5-3-14)18(22)23/h2-5,11-13H,6-10H2,1H3,(H,22,23). The van der Waals surface area contributed by atoms with Gasteiger partial charge in [0.1, 0.15) is 0 Å². The van der Waals surface area contributed by atoms with Crippen LogP contribution < -0.4 is 0 Å². The van der Waals surface area contributed by atoms with Crippen molar-refractivity contribution >= 4 is 5.97 Å². The minimum absolute atomic E-state index is 0.282. The van der Waals surface area contributed by atoms with Gasteiger partial charge in [-0.1, -0.05) is 12.1 Å². The molecule has 1 aliphatic heterocycles. The van der Waals surface area contributed by atoms with E-state index >= 15 is 0 Å². The van der Waals surface area contributed by atoms with E-state index in [0.717, 1.165) is 36.5 Å². The van der Waals surface area contributed by atoms with Gasteiger partial charge in [0.05, 0.1) is 23.1 Å². The van der Waals surface area contributed by atoms with Gasteiger partial charge in [-0.15, -0.1) is 0 Å². The summed E-state index contributed by atoms with van der Waals surface area (Å²) in [5.41, 5.74) is 2.99. The van der Waals surface area contributed by atoms with Gasteiger partial charge >= 0.3 is 5.97 Å². The summed E-state index contributed by atoms with van der Waals surface area (Å²) in [5, 5.41) is 8.96. The number of carboxylic acid groups (broad SMARTS) is 1. The fourth-order valence-corrected chi connectivity index (χ4v) is 2.99. The molecule has 0 aliphatic carbocycles. The maximum Gasteiger partial charge on any atom is 0.335 e. The first-order valence-corrected chi connectivity index (χ1v) is 7.95. The molecular weight excluding hydrogens is 290 g/mol. The van der Waals surface area contributed by atoms with Crippen LogP contribution >= 0.6 is 0 Å². The molecule has 1 saturated heterocycles. The normalized spacial score (nSPS) is 16.4. The van der Waals surface area contributed by atoms with Crippen LogP contribution in [0.4, 0.5) is 0 Å². The van der Waals surface area contributed by atoms with E-state index in [9.17, 15) is 4.79 Å². The third-order valence-corrected chi connectivity index (χ3v) is 4.45. The molecule has 1 fully saturated rings. The summed E-state index contributed by atoms with van der Waals surface area (Å²) in [4.78, 5) is 22.3. The van der Waals surface area contributed by atoms with Gasteiger partial charge in [0.2, 0.25) is 0 Å². The Hall–Kier alpha value is -2.27. The predicted molar refractivity (Wildman–Crippen MR) is 88.4 cm³/mol. The molecule has 120 valence electrons. The minimum atomic E-state index is -0.918. The number of benzene rings is 1. The maximum absolute atomic E-state index is 10.9. The van der Waals surface area contributed by atoms with E-state index in [2.05, 4.69) is 16.9 Å². The Bertz CT molecular complexity index is 677. The van der Waals surface area contributed by atoms with Gasteiger partial charge in [0.15, 0.2) is 0 Å². The second-order valence-corrected chi connectivity index (χ2v) is 6.23. The molecule has 0 spiro atoms. The molecule has 3 rings (SSSR count). The first-order valence-electron chi connectivity index (χ1n) is 7.95. The van der Waals surface area contributed by atoms with Crippen LogP contribution in [0.15, 0.2) is 36.7 Å². The Morgan fingerprint density at radius 3 is 2.57 bits per heavy atom. The molecule has 0 unspecified atom stereocenters. The highest BCUT2D eigenvalue weighted by Gasteiger charge is 2.17. The van der Waals surface area contributed by atoms with Crippen molar-refractivity contribution in [1.29, 1.82) is 0 Å². The molecule has 2 aromatic rings. The van der Waals surface area contributed by atoms with Crippen molar-refractivity contribution in [1.82, 2.24) is 14.9 Å². The molecule has 0 radical (unpaired) electrons. The SMILES string of the molecule is CN1CCC(Cc2cncc(-c3ccc(C(=O)O)cc3)n2)CC1. The molecule has 1 aromatic heterocycles. The molecule has 0 atom stereocenters. The van der Waals surface area contributed by atoms with Crippen molar-refractivity contribution in [2.24, 2.45) is 5.92 Å². The lowest BCUT2D eigenvalue weighted by atomic mass is 9.92. The summed E-state index contributed by atoms with van der Waals surface area (Å²) < 4.78 is 0. The van der Waals surface area contributed by atoms with Gasteiger partial charge in [-0.3, -0.25) is 4.98 Å². The van der Waals surface area contributed by atoms with Gasteiger partial charge in [-0.05, 0) is 57.5 Å². The molecule has 1 aliphatic rings. The number of aromatic nitrogens is 2. The molecule has 0 bridgehead atoms. The van der Waals surface area contributed by atoms with Crippen LogP contribution in [0.2, 0.25) is 0 Å². The summed E-state index contributed by atoms with van der Waals surface area (Å²) in [6, 6.07) is 6.77. The van der Waals surface area contributed by atoms with Gasteiger partial charge in [0, 0.05) is 11.8 Å². The van der Waals surface area contributed by atoms with E-state index < -0.39 is 5.97 Å². The van der Waals surface area contributed by atoms with Crippen LogP contribution in [0.3, 0.4) is 0 Å². The lowest BCUT2D eigenvalue weighted by molar-refractivity contribution is 0.0697. The quantitative estimate of drug-likeness (QED) is 0.940. The molecule has 5 heteroatoms. The van der Waals surface area contributed by atoms with Gasteiger partial charge < -0.3 is 10.0 Å². The maximum atomic E-state index is 10.9. The van der Waals surface area contributed by atoms with Crippen LogP contribution in [0, 0.1) is 5.92 Å². The summed E-state index contributed by atoms with van der Waals surface area (Å²) >= 11 is 0. The molecule has 0 amide bonds. The summed E-state index contributed by atoms with van der Waals surface area (Å²) in [5.74, 6) is -0.246. The number of carboxylic acids is 1. The number of nitrogens with zero attached hydrogens (tertiary/aromatic N) is 3. The molecular formula is C18H21N3O2. The van der Waals surface area contributed by atoms with E-state index in [4.69, 9.17) is 10.1 Å². The van der Waals surface area contributed by atoms with Crippen LogP contribution in [0.1, 0.15) is 28.9 Å². The van der Waals surface area contributed by atoms with E-state index in [1.54, 1.807) is 30.5 Å². The molecule has 1 N–H and O–H groups in total. The number of hydrogen-bond donors (Lipinski definition) is 1. The Morgan fingerprint density at radius 2 is 1.91 bits per heavy atom. The van der Waals surface area contributed by atoms with Crippen LogP contribution in [-0.4, -0.2) is 46.1 Å². The Morgan fingerprint density at radius 1 is 1.22 bits per heavy atom. The van der Waals surface area contributed by atoms with Crippen molar-refractivity contribution in [3.05, 3.63) is 47.9 Å². The Balaban J connectivity index is 1.73. The zero-order valence-corrected chi connectivity index (χ0v) is 13.3. The van der Waals surface area contributed by atoms with Crippen LogP contribution in [0.5, 0.6) is 0 Å². The van der Waals surface area contributed by atoms with Gasteiger partial charge in [-0.25, -0.2) is 9.78 Å². The molecule has 23 heavy (non-hydrogen) atoms. The highest BCUT2D eigenvalue weighted by atomic mass is 16.4. The second kappa shape index (κ2) is 6.87. The van der Waals surface area contributed by atoms with Crippen LogP contribution in [0.25, 0.3) is 11.3 Å². The van der Waals surface area contributed by atoms with Crippen molar-refractivity contribution < 1.29 is 9.90 Å². The van der Waals surface area contributed by atoms with Gasteiger partial charge in [0.25, 0.3) is 0 Å². The number of piperidine rings is 1. The largest absolute Gasteiger partial charge is 0.478 e. The third kappa shape index (κ3) is 3.93. The van der Waals surface area contributed by atoms with E-state index in [-0.39, 0.29) is 5.56 Å². The molecule has 0 saturated carbocycles. The van der Waals surface area contributed by atoms with Gasteiger partial charge in [-0.2, -0.15) is 0 Å². The number of carbonyl (C=O) groups is 1. The molecule has 2 heterocycles. The summed E-state index contributed by atoms with van der Waals surface area (Å²) in [7, 11) is 2.16. The Labute approximate surface area is 136 Å². The Kier molecular flexibility index (Phi) is 4.67. The number of rotatable bonds is 4. The first kappa shape index (κ1) is 15.6. The fourth-order valence-electron chi connectivity index (χ4n) is 2.99. The van der Waals surface area contributed by atoms with E-state index in [0.29, 0.717) is 5.92 Å². The number of likely N-dealkylation sites (tertiary alicyclic amines) is 1. The fraction of sp³-hybridized carbons (Fsp3) is 0.389. The molecule has 5 nitrogen and oxygen atoms in total. The molecule has 1 aromatic carbocycles. The summed E-state index contributed by atoms with van der Waals surface area (Å²) in [6.45, 7) is 2.29. The van der Waals surface area contributed by atoms with Crippen molar-refractivity contribution in [2.75, 3.05) is 20.1 Å². The highest BCUT2D eigenvalue weighted by molar-refractivity contribution is 5.88.